The minimum absolute atomic E-state index is 0.268. The smallest absolute Gasteiger partial charge is 0.163 e. The second kappa shape index (κ2) is 7.58. The summed E-state index contributed by atoms with van der Waals surface area (Å²) in [5, 5.41) is 9.72. The van der Waals surface area contributed by atoms with Gasteiger partial charge in [0.05, 0.1) is 6.10 Å². The molecule has 1 saturated carbocycles. The Morgan fingerprint density at radius 2 is 2.05 bits per heavy atom. The van der Waals surface area contributed by atoms with Gasteiger partial charge in [-0.2, -0.15) is 0 Å². The quantitative estimate of drug-likeness (QED) is 0.791. The van der Waals surface area contributed by atoms with Crippen LogP contribution in [0.2, 0.25) is 0 Å². The van der Waals surface area contributed by atoms with Gasteiger partial charge < -0.3 is 5.11 Å². The first-order chi connectivity index (χ1) is 9.69. The van der Waals surface area contributed by atoms with E-state index in [1.165, 1.54) is 32.1 Å². The number of aliphatic hydroxyl groups excluding tert-OH is 1. The van der Waals surface area contributed by atoms with E-state index in [0.717, 1.165) is 17.5 Å². The van der Waals surface area contributed by atoms with Crippen LogP contribution in [0.1, 0.15) is 67.8 Å². The van der Waals surface area contributed by atoms with Crippen LogP contribution in [0.15, 0.2) is 24.3 Å². The summed E-state index contributed by atoms with van der Waals surface area (Å²) in [5.74, 6) is 0.853. The number of carbonyl (C=O) groups excluding carboxylic acids is 1. The summed E-state index contributed by atoms with van der Waals surface area (Å²) in [6, 6.07) is 7.80. The lowest BCUT2D eigenvalue weighted by Gasteiger charge is -2.20. The van der Waals surface area contributed by atoms with E-state index < -0.39 is 0 Å². The number of hydrogen-bond acceptors (Lipinski definition) is 2. The molecule has 1 aliphatic rings. The molecule has 1 aromatic carbocycles. The molecule has 1 aliphatic carbocycles. The van der Waals surface area contributed by atoms with Gasteiger partial charge in [0.25, 0.3) is 0 Å². The van der Waals surface area contributed by atoms with E-state index in [2.05, 4.69) is 0 Å². The van der Waals surface area contributed by atoms with Crippen LogP contribution in [0.25, 0.3) is 0 Å². The van der Waals surface area contributed by atoms with Gasteiger partial charge in [-0.3, -0.25) is 4.79 Å². The summed E-state index contributed by atoms with van der Waals surface area (Å²) in [7, 11) is 0. The third kappa shape index (κ3) is 4.45. The summed E-state index contributed by atoms with van der Waals surface area (Å²) in [6.45, 7) is 1.97. The Hall–Kier alpha value is -1.15. The van der Waals surface area contributed by atoms with Crippen LogP contribution in [0.5, 0.6) is 0 Å². The Labute approximate surface area is 122 Å². The zero-order chi connectivity index (χ0) is 14.4. The van der Waals surface area contributed by atoms with Gasteiger partial charge in [-0.25, -0.2) is 0 Å². The predicted molar refractivity (Wildman–Crippen MR) is 82.0 cm³/mol. The van der Waals surface area contributed by atoms with Crippen molar-refractivity contribution in [2.75, 3.05) is 0 Å². The molecule has 0 saturated heterocycles. The molecule has 1 aromatic rings. The summed E-state index contributed by atoms with van der Waals surface area (Å²) < 4.78 is 0. The van der Waals surface area contributed by atoms with E-state index in [4.69, 9.17) is 0 Å². The van der Waals surface area contributed by atoms with E-state index in [1.54, 1.807) is 0 Å². The summed E-state index contributed by atoms with van der Waals surface area (Å²) in [6.07, 6.45) is 8.08. The first-order valence-corrected chi connectivity index (χ1v) is 7.99. The third-order valence-corrected chi connectivity index (χ3v) is 4.39. The van der Waals surface area contributed by atoms with Crippen LogP contribution in [0, 0.1) is 5.92 Å². The highest BCUT2D eigenvalue weighted by molar-refractivity contribution is 5.96. The molecule has 0 amide bonds. The fourth-order valence-corrected chi connectivity index (χ4v) is 3.06. The first-order valence-electron chi connectivity index (χ1n) is 7.99. The Morgan fingerprint density at radius 3 is 2.75 bits per heavy atom. The van der Waals surface area contributed by atoms with Gasteiger partial charge in [-0.05, 0) is 30.4 Å². The van der Waals surface area contributed by atoms with E-state index in [1.807, 2.05) is 31.2 Å². The van der Waals surface area contributed by atoms with Crippen LogP contribution in [-0.4, -0.2) is 17.0 Å². The minimum Gasteiger partial charge on any atom is -0.393 e. The predicted octanol–water partition coefficient (Wildman–Crippen LogP) is 4.15. The summed E-state index contributed by atoms with van der Waals surface area (Å²) in [4.78, 5) is 12.4. The van der Waals surface area contributed by atoms with Crippen LogP contribution < -0.4 is 0 Å². The molecule has 1 unspecified atom stereocenters. The largest absolute Gasteiger partial charge is 0.393 e. The Bertz CT molecular complexity index is 433. The van der Waals surface area contributed by atoms with Gasteiger partial charge in [0.1, 0.15) is 0 Å². The third-order valence-electron chi connectivity index (χ3n) is 4.39. The molecule has 1 fully saturated rings. The first kappa shape index (κ1) is 15.2. The Balaban J connectivity index is 1.96. The lowest BCUT2D eigenvalue weighted by Crippen LogP contribution is -2.13. The second-order valence-electron chi connectivity index (χ2n) is 6.10. The number of rotatable bonds is 6. The van der Waals surface area contributed by atoms with Crippen molar-refractivity contribution in [3.05, 3.63) is 35.4 Å². The van der Waals surface area contributed by atoms with E-state index in [-0.39, 0.29) is 11.9 Å². The number of aliphatic hydroxyl groups is 1. The summed E-state index contributed by atoms with van der Waals surface area (Å²) in [5.41, 5.74) is 1.88. The van der Waals surface area contributed by atoms with Crippen molar-refractivity contribution < 1.29 is 9.90 Å². The maximum Gasteiger partial charge on any atom is 0.163 e. The van der Waals surface area contributed by atoms with Crippen LogP contribution in [-0.2, 0) is 6.42 Å². The van der Waals surface area contributed by atoms with Crippen molar-refractivity contribution >= 4 is 5.78 Å². The van der Waals surface area contributed by atoms with Crippen LogP contribution in [0.4, 0.5) is 0 Å². The van der Waals surface area contributed by atoms with Crippen molar-refractivity contribution in [1.82, 2.24) is 0 Å². The molecule has 0 aliphatic heterocycles. The van der Waals surface area contributed by atoms with Gasteiger partial charge in [0, 0.05) is 12.0 Å². The SMILES string of the molecule is CCC(O)Cc1cccc(C(=O)CC2CCCCC2)c1. The Morgan fingerprint density at radius 1 is 1.30 bits per heavy atom. The zero-order valence-corrected chi connectivity index (χ0v) is 12.5. The summed E-state index contributed by atoms with van der Waals surface area (Å²) >= 11 is 0. The molecule has 1 N–H and O–H groups in total. The van der Waals surface area contributed by atoms with E-state index >= 15 is 0 Å². The molecule has 20 heavy (non-hydrogen) atoms. The minimum atomic E-state index is -0.307. The van der Waals surface area contributed by atoms with Gasteiger partial charge in [-0.15, -0.1) is 0 Å². The molecule has 1 atom stereocenters. The van der Waals surface area contributed by atoms with Crippen molar-refractivity contribution in [2.24, 2.45) is 5.92 Å². The number of hydrogen-bond donors (Lipinski definition) is 1. The highest BCUT2D eigenvalue weighted by Crippen LogP contribution is 2.27. The van der Waals surface area contributed by atoms with E-state index in [9.17, 15) is 9.90 Å². The highest BCUT2D eigenvalue weighted by Gasteiger charge is 2.18. The number of benzene rings is 1. The molecule has 0 heterocycles. The molecule has 0 bridgehead atoms. The fraction of sp³-hybridized carbons (Fsp3) is 0.611. The molecule has 0 radical (unpaired) electrons. The average Bonchev–Trinajstić information content (AvgIpc) is 2.48. The normalized spacial score (nSPS) is 17.9. The van der Waals surface area contributed by atoms with Gasteiger partial charge in [-0.1, -0.05) is 57.2 Å². The molecule has 110 valence electrons. The molecule has 2 rings (SSSR count). The van der Waals surface area contributed by atoms with Gasteiger partial charge >= 0.3 is 0 Å². The lowest BCUT2D eigenvalue weighted by atomic mass is 9.84. The monoisotopic (exact) mass is 274 g/mol. The van der Waals surface area contributed by atoms with Crippen molar-refractivity contribution in [2.45, 2.75) is 64.4 Å². The molecular weight excluding hydrogens is 248 g/mol. The lowest BCUT2D eigenvalue weighted by molar-refractivity contribution is 0.0950. The fourth-order valence-electron chi connectivity index (χ4n) is 3.06. The zero-order valence-electron chi connectivity index (χ0n) is 12.5. The molecule has 0 aromatic heterocycles. The highest BCUT2D eigenvalue weighted by atomic mass is 16.3. The van der Waals surface area contributed by atoms with Crippen LogP contribution >= 0.6 is 0 Å². The Kier molecular flexibility index (Phi) is 5.78. The average molecular weight is 274 g/mol. The number of Topliss-reactive ketones (excluding diaryl/α,β-unsaturated/α-hetero) is 1. The van der Waals surface area contributed by atoms with Crippen molar-refractivity contribution in [1.29, 1.82) is 0 Å². The molecule has 0 spiro atoms. The number of carbonyl (C=O) groups is 1. The molecular formula is C18H26O2. The second-order valence-corrected chi connectivity index (χ2v) is 6.10. The van der Waals surface area contributed by atoms with E-state index in [0.29, 0.717) is 18.8 Å². The van der Waals surface area contributed by atoms with Gasteiger partial charge in [0.15, 0.2) is 5.78 Å². The maximum absolute atomic E-state index is 12.4. The topological polar surface area (TPSA) is 37.3 Å². The number of ketones is 1. The molecule has 2 heteroatoms. The standard InChI is InChI=1S/C18H26O2/c1-2-17(19)12-15-9-6-10-16(11-15)18(20)13-14-7-4-3-5-8-14/h6,9-11,14,17,19H,2-5,7-8,12-13H2,1H3. The van der Waals surface area contributed by atoms with Crippen molar-refractivity contribution in [3.63, 3.8) is 0 Å². The molecule has 2 nitrogen and oxygen atoms in total. The van der Waals surface area contributed by atoms with Crippen LogP contribution in [0.3, 0.4) is 0 Å². The maximum atomic E-state index is 12.4. The van der Waals surface area contributed by atoms with Gasteiger partial charge in [0.2, 0.25) is 0 Å². The van der Waals surface area contributed by atoms with Crippen molar-refractivity contribution in [3.8, 4) is 0 Å².